The molecule has 29 heavy (non-hydrogen) atoms. The number of piperidine rings is 1. The number of hydrogen-bond acceptors (Lipinski definition) is 6. The molecule has 1 unspecified atom stereocenters. The van der Waals surface area contributed by atoms with Gasteiger partial charge in [-0.2, -0.15) is 4.31 Å². The van der Waals surface area contributed by atoms with E-state index < -0.39 is 21.9 Å². The first-order valence-corrected chi connectivity index (χ1v) is 11.3. The second-order valence-corrected chi connectivity index (χ2v) is 8.90. The number of esters is 1. The summed E-state index contributed by atoms with van der Waals surface area (Å²) in [6.45, 7) is 4.49. The van der Waals surface area contributed by atoms with Gasteiger partial charge in [-0.15, -0.1) is 0 Å². The van der Waals surface area contributed by atoms with E-state index >= 15 is 0 Å². The zero-order valence-corrected chi connectivity index (χ0v) is 18.1. The number of sulfonamides is 1. The third kappa shape index (κ3) is 6.01. The first-order chi connectivity index (χ1) is 13.8. The largest absolute Gasteiger partial charge is 0.465 e. The van der Waals surface area contributed by atoms with Gasteiger partial charge in [0.2, 0.25) is 10.0 Å². The van der Waals surface area contributed by atoms with E-state index in [1.54, 1.807) is 19.1 Å². The molecule has 0 N–H and O–H groups in total. The first-order valence-electron chi connectivity index (χ1n) is 9.87. The Morgan fingerprint density at radius 3 is 2.69 bits per heavy atom. The fourth-order valence-electron chi connectivity index (χ4n) is 3.35. The summed E-state index contributed by atoms with van der Waals surface area (Å²) in [5, 5.41) is 0. The molecule has 1 aliphatic rings. The Labute approximate surface area is 172 Å². The Morgan fingerprint density at radius 2 is 2.03 bits per heavy atom. The van der Waals surface area contributed by atoms with Gasteiger partial charge >= 0.3 is 5.97 Å². The van der Waals surface area contributed by atoms with Gasteiger partial charge in [-0.1, -0.05) is 12.5 Å². The van der Waals surface area contributed by atoms with E-state index in [0.29, 0.717) is 6.54 Å². The molecule has 0 radical (unpaired) electrons. The van der Waals surface area contributed by atoms with Crippen molar-refractivity contribution < 1.29 is 27.5 Å². The predicted molar refractivity (Wildman–Crippen MR) is 108 cm³/mol. The minimum Gasteiger partial charge on any atom is -0.465 e. The fraction of sp³-hybridized carbons (Fsp3) is 0.600. The van der Waals surface area contributed by atoms with Gasteiger partial charge in [-0.05, 0) is 44.9 Å². The van der Waals surface area contributed by atoms with E-state index in [-0.39, 0.29) is 42.8 Å². The summed E-state index contributed by atoms with van der Waals surface area (Å²) in [4.78, 5) is 26.2. The van der Waals surface area contributed by atoms with Crippen LogP contribution in [0.4, 0.5) is 0 Å². The van der Waals surface area contributed by atoms with E-state index in [9.17, 15) is 18.0 Å². The number of amides is 1. The zero-order valence-electron chi connectivity index (χ0n) is 17.3. The van der Waals surface area contributed by atoms with Crippen LogP contribution in [0.15, 0.2) is 29.2 Å². The number of benzene rings is 1. The Morgan fingerprint density at radius 1 is 1.28 bits per heavy atom. The molecular formula is C20H30N2O6S. The third-order valence-corrected chi connectivity index (χ3v) is 6.92. The lowest BCUT2D eigenvalue weighted by Gasteiger charge is -2.32. The van der Waals surface area contributed by atoms with Crippen LogP contribution < -0.4 is 0 Å². The smallest absolute Gasteiger partial charge is 0.325 e. The summed E-state index contributed by atoms with van der Waals surface area (Å²) in [6, 6.07) is 5.90. The lowest BCUT2D eigenvalue weighted by atomic mass is 10.1. The predicted octanol–water partition coefficient (Wildman–Crippen LogP) is 1.90. The van der Waals surface area contributed by atoms with Crippen LogP contribution in [0.2, 0.25) is 0 Å². The number of nitrogens with zero attached hydrogens (tertiary/aromatic N) is 2. The van der Waals surface area contributed by atoms with Crippen molar-refractivity contribution in [1.29, 1.82) is 0 Å². The summed E-state index contributed by atoms with van der Waals surface area (Å²) in [7, 11) is -2.20. The summed E-state index contributed by atoms with van der Waals surface area (Å²) in [5.41, 5.74) is 0.205. The molecule has 1 fully saturated rings. The standard InChI is InChI=1S/C20H30N2O6S/c1-4-28-19(23)15-21(12-13-27-3)20(24)17-9-7-10-18(14-17)29(25,26)22-11-6-5-8-16(22)2/h7,9-10,14,16H,4-6,8,11-13,15H2,1-3H3. The van der Waals surface area contributed by atoms with Crippen molar-refractivity contribution in [3.8, 4) is 0 Å². The van der Waals surface area contributed by atoms with Gasteiger partial charge in [0.15, 0.2) is 0 Å². The molecule has 1 atom stereocenters. The number of carbonyl (C=O) groups is 2. The van der Waals surface area contributed by atoms with Crippen molar-refractivity contribution in [1.82, 2.24) is 9.21 Å². The maximum Gasteiger partial charge on any atom is 0.325 e. The van der Waals surface area contributed by atoms with Gasteiger partial charge in [-0.3, -0.25) is 9.59 Å². The van der Waals surface area contributed by atoms with E-state index in [0.717, 1.165) is 19.3 Å². The lowest BCUT2D eigenvalue weighted by Crippen LogP contribution is -2.42. The molecule has 1 aliphatic heterocycles. The van der Waals surface area contributed by atoms with Gasteiger partial charge in [0.05, 0.1) is 18.1 Å². The number of methoxy groups -OCH3 is 1. The Kier molecular flexibility index (Phi) is 8.60. The van der Waals surface area contributed by atoms with Crippen molar-refractivity contribution in [2.24, 2.45) is 0 Å². The van der Waals surface area contributed by atoms with Crippen molar-refractivity contribution in [3.05, 3.63) is 29.8 Å². The lowest BCUT2D eigenvalue weighted by molar-refractivity contribution is -0.143. The molecule has 9 heteroatoms. The quantitative estimate of drug-likeness (QED) is 0.560. The molecule has 0 bridgehead atoms. The highest BCUT2D eigenvalue weighted by Crippen LogP contribution is 2.25. The normalized spacial score (nSPS) is 17.7. The summed E-state index contributed by atoms with van der Waals surface area (Å²) >= 11 is 0. The fourth-order valence-corrected chi connectivity index (χ4v) is 5.10. The van der Waals surface area contributed by atoms with Crippen LogP contribution in [0.25, 0.3) is 0 Å². The van der Waals surface area contributed by atoms with Gasteiger partial charge in [-0.25, -0.2) is 8.42 Å². The average molecular weight is 427 g/mol. The molecule has 2 rings (SSSR count). The number of ether oxygens (including phenoxy) is 2. The second-order valence-electron chi connectivity index (χ2n) is 7.01. The topological polar surface area (TPSA) is 93.2 Å². The van der Waals surface area contributed by atoms with Crippen LogP contribution in [0.3, 0.4) is 0 Å². The van der Waals surface area contributed by atoms with E-state index in [1.807, 2.05) is 6.92 Å². The average Bonchev–Trinajstić information content (AvgIpc) is 2.71. The van der Waals surface area contributed by atoms with E-state index in [2.05, 4.69) is 0 Å². The first kappa shape index (κ1) is 23.3. The molecule has 8 nitrogen and oxygen atoms in total. The molecule has 1 aromatic carbocycles. The molecule has 1 saturated heterocycles. The van der Waals surface area contributed by atoms with Crippen LogP contribution in [0, 0.1) is 0 Å². The maximum atomic E-state index is 13.1. The molecule has 162 valence electrons. The van der Waals surface area contributed by atoms with Crippen LogP contribution in [0.1, 0.15) is 43.5 Å². The molecule has 0 saturated carbocycles. The highest BCUT2D eigenvalue weighted by atomic mass is 32.2. The Bertz CT molecular complexity index is 811. The summed E-state index contributed by atoms with van der Waals surface area (Å²) in [6.07, 6.45) is 2.66. The van der Waals surface area contributed by atoms with E-state index in [4.69, 9.17) is 9.47 Å². The van der Waals surface area contributed by atoms with Crippen molar-refractivity contribution >= 4 is 21.9 Å². The van der Waals surface area contributed by atoms with Crippen molar-refractivity contribution in [2.75, 3.05) is 40.0 Å². The Balaban J connectivity index is 2.27. The second kappa shape index (κ2) is 10.7. The zero-order chi connectivity index (χ0) is 21.4. The Hall–Kier alpha value is -1.97. The van der Waals surface area contributed by atoms with E-state index in [1.165, 1.54) is 28.4 Å². The van der Waals surface area contributed by atoms with Crippen molar-refractivity contribution in [2.45, 2.75) is 44.0 Å². The third-order valence-electron chi connectivity index (χ3n) is 4.91. The van der Waals surface area contributed by atoms with Gasteiger partial charge in [0.25, 0.3) is 5.91 Å². The van der Waals surface area contributed by atoms with Gasteiger partial charge in [0, 0.05) is 31.8 Å². The number of carbonyl (C=O) groups excluding carboxylic acids is 2. The summed E-state index contributed by atoms with van der Waals surface area (Å²) in [5.74, 6) is -0.971. The van der Waals surface area contributed by atoms with Gasteiger partial charge < -0.3 is 14.4 Å². The van der Waals surface area contributed by atoms with Crippen LogP contribution in [0.5, 0.6) is 0 Å². The summed E-state index contributed by atoms with van der Waals surface area (Å²) < 4.78 is 37.6. The molecule has 0 spiro atoms. The highest BCUT2D eigenvalue weighted by Gasteiger charge is 2.31. The maximum absolute atomic E-state index is 13.1. The molecule has 1 amide bonds. The number of hydrogen-bond donors (Lipinski definition) is 0. The molecule has 0 aliphatic carbocycles. The van der Waals surface area contributed by atoms with Crippen LogP contribution in [-0.4, -0.2) is 75.5 Å². The SMILES string of the molecule is CCOC(=O)CN(CCOC)C(=O)c1cccc(S(=O)(=O)N2CCCCC2C)c1. The number of rotatable bonds is 9. The molecular weight excluding hydrogens is 396 g/mol. The molecule has 0 aromatic heterocycles. The highest BCUT2D eigenvalue weighted by molar-refractivity contribution is 7.89. The monoisotopic (exact) mass is 426 g/mol. The van der Waals surface area contributed by atoms with Crippen LogP contribution >= 0.6 is 0 Å². The van der Waals surface area contributed by atoms with Crippen LogP contribution in [-0.2, 0) is 24.3 Å². The van der Waals surface area contributed by atoms with Crippen molar-refractivity contribution in [3.63, 3.8) is 0 Å². The minimum absolute atomic E-state index is 0.0740. The minimum atomic E-state index is -3.70. The van der Waals surface area contributed by atoms with Gasteiger partial charge in [0.1, 0.15) is 6.54 Å². The molecule has 1 heterocycles. The molecule has 1 aromatic rings.